The van der Waals surface area contributed by atoms with Gasteiger partial charge in [0.25, 0.3) is 0 Å². The van der Waals surface area contributed by atoms with Crippen molar-refractivity contribution in [1.82, 2.24) is 10.2 Å². The molecule has 1 aliphatic heterocycles. The molecule has 5 heteroatoms. The van der Waals surface area contributed by atoms with E-state index >= 15 is 0 Å². The van der Waals surface area contributed by atoms with Gasteiger partial charge in [-0.3, -0.25) is 9.59 Å². The number of carbonyl (C=O) groups is 2. The topological polar surface area (TPSA) is 49.4 Å². The van der Waals surface area contributed by atoms with E-state index in [9.17, 15) is 9.59 Å². The molecule has 2 amide bonds. The fourth-order valence-electron chi connectivity index (χ4n) is 2.72. The zero-order valence-electron chi connectivity index (χ0n) is 12.4. The van der Waals surface area contributed by atoms with Crippen LogP contribution in [0, 0.1) is 5.92 Å². The Labute approximate surface area is 133 Å². The average Bonchev–Trinajstić information content (AvgIpc) is 3.16. The predicted octanol–water partition coefficient (Wildman–Crippen LogP) is 2.43. The number of thiophene rings is 1. The molecule has 1 saturated heterocycles. The van der Waals surface area contributed by atoms with Crippen LogP contribution in [-0.4, -0.2) is 30.3 Å². The molecule has 0 radical (unpaired) electrons. The molecule has 2 unspecified atom stereocenters. The van der Waals surface area contributed by atoms with Gasteiger partial charge in [-0.15, -0.1) is 11.3 Å². The van der Waals surface area contributed by atoms with Crippen LogP contribution in [-0.2, 0) is 9.59 Å². The van der Waals surface area contributed by atoms with Crippen LogP contribution >= 0.6 is 11.3 Å². The normalized spacial score (nSPS) is 19.2. The molecule has 114 valence electrons. The highest BCUT2D eigenvalue weighted by Crippen LogP contribution is 2.27. The lowest BCUT2D eigenvalue weighted by Gasteiger charge is -2.20. The van der Waals surface area contributed by atoms with Crippen LogP contribution in [0.4, 0.5) is 0 Å². The van der Waals surface area contributed by atoms with Gasteiger partial charge in [0.15, 0.2) is 0 Å². The first-order chi connectivity index (χ1) is 10.6. The van der Waals surface area contributed by atoms with Gasteiger partial charge >= 0.3 is 0 Å². The van der Waals surface area contributed by atoms with Crippen LogP contribution in [0.3, 0.4) is 0 Å². The summed E-state index contributed by atoms with van der Waals surface area (Å²) in [5.41, 5.74) is 1.05. The van der Waals surface area contributed by atoms with E-state index in [1.807, 2.05) is 47.8 Å². The van der Waals surface area contributed by atoms with Crippen molar-refractivity contribution in [2.24, 2.45) is 5.92 Å². The first-order valence-corrected chi connectivity index (χ1v) is 8.16. The fraction of sp³-hybridized carbons (Fsp3) is 0.294. The highest BCUT2D eigenvalue weighted by Gasteiger charge is 2.33. The third kappa shape index (κ3) is 3.04. The zero-order valence-corrected chi connectivity index (χ0v) is 13.2. The molecule has 0 aliphatic carbocycles. The first-order valence-electron chi connectivity index (χ1n) is 7.28. The second kappa shape index (κ2) is 6.32. The van der Waals surface area contributed by atoms with Gasteiger partial charge in [-0.1, -0.05) is 36.4 Å². The van der Waals surface area contributed by atoms with E-state index in [1.54, 1.807) is 23.3 Å². The van der Waals surface area contributed by atoms with Crippen molar-refractivity contribution in [2.45, 2.75) is 12.5 Å². The summed E-state index contributed by atoms with van der Waals surface area (Å²) < 4.78 is 0. The summed E-state index contributed by atoms with van der Waals surface area (Å²) in [5, 5.41) is 5.12. The van der Waals surface area contributed by atoms with Gasteiger partial charge in [0.2, 0.25) is 11.8 Å². The molecule has 2 atom stereocenters. The van der Waals surface area contributed by atoms with Crippen molar-refractivity contribution in [3.63, 3.8) is 0 Å². The number of nitrogens with one attached hydrogen (secondary N) is 1. The van der Waals surface area contributed by atoms with Gasteiger partial charge in [0, 0.05) is 24.9 Å². The highest BCUT2D eigenvalue weighted by molar-refractivity contribution is 7.10. The Balaban J connectivity index is 1.79. The van der Waals surface area contributed by atoms with Crippen molar-refractivity contribution in [1.29, 1.82) is 0 Å². The van der Waals surface area contributed by atoms with Crippen LogP contribution in [0.25, 0.3) is 0 Å². The fourth-order valence-corrected chi connectivity index (χ4v) is 3.52. The van der Waals surface area contributed by atoms with Gasteiger partial charge in [0.05, 0.1) is 12.0 Å². The van der Waals surface area contributed by atoms with Crippen LogP contribution in [0.1, 0.15) is 22.9 Å². The molecule has 1 N–H and O–H groups in total. The molecule has 3 rings (SSSR count). The van der Waals surface area contributed by atoms with Crippen molar-refractivity contribution >= 4 is 23.2 Å². The standard InChI is InChI=1S/C17H18N2O2S/c1-19-11-13(10-15(19)20)17(21)18-16(14-8-5-9-22-14)12-6-3-2-4-7-12/h2-9,13,16H,10-11H2,1H3,(H,18,21). The predicted molar refractivity (Wildman–Crippen MR) is 86.5 cm³/mol. The molecule has 4 nitrogen and oxygen atoms in total. The first kappa shape index (κ1) is 14.8. The molecule has 1 aliphatic rings. The van der Waals surface area contributed by atoms with Gasteiger partial charge in [0.1, 0.15) is 0 Å². The number of amides is 2. The van der Waals surface area contributed by atoms with Crippen molar-refractivity contribution in [2.75, 3.05) is 13.6 Å². The van der Waals surface area contributed by atoms with Crippen LogP contribution in [0.5, 0.6) is 0 Å². The van der Waals surface area contributed by atoms with Gasteiger partial charge < -0.3 is 10.2 Å². The molecular weight excluding hydrogens is 296 g/mol. The SMILES string of the molecule is CN1CC(C(=O)NC(c2ccccc2)c2cccs2)CC1=O. The average molecular weight is 314 g/mol. The van der Waals surface area contributed by atoms with E-state index in [0.29, 0.717) is 13.0 Å². The number of carbonyl (C=O) groups excluding carboxylic acids is 2. The number of benzene rings is 1. The lowest BCUT2D eigenvalue weighted by Crippen LogP contribution is -2.35. The summed E-state index contributed by atoms with van der Waals surface area (Å²) in [6, 6.07) is 13.8. The second-order valence-corrected chi connectivity index (χ2v) is 6.52. The molecule has 0 bridgehead atoms. The van der Waals surface area contributed by atoms with Crippen LogP contribution in [0.2, 0.25) is 0 Å². The summed E-state index contributed by atoms with van der Waals surface area (Å²) in [6.07, 6.45) is 0.300. The van der Waals surface area contributed by atoms with Crippen molar-refractivity contribution < 1.29 is 9.59 Å². The van der Waals surface area contributed by atoms with E-state index in [1.165, 1.54) is 0 Å². The minimum atomic E-state index is -0.260. The molecule has 1 fully saturated rings. The Hall–Kier alpha value is -2.14. The number of hydrogen-bond acceptors (Lipinski definition) is 3. The van der Waals surface area contributed by atoms with Crippen molar-refractivity contribution in [3.05, 3.63) is 58.3 Å². The monoisotopic (exact) mass is 314 g/mol. The maximum Gasteiger partial charge on any atom is 0.226 e. The number of hydrogen-bond donors (Lipinski definition) is 1. The Bertz CT molecular complexity index is 655. The Morgan fingerprint density at radius 2 is 2.05 bits per heavy atom. The van der Waals surface area contributed by atoms with Crippen LogP contribution in [0.15, 0.2) is 47.8 Å². The quantitative estimate of drug-likeness (QED) is 0.942. The summed E-state index contributed by atoms with van der Waals surface area (Å²) in [4.78, 5) is 26.9. The minimum absolute atomic E-state index is 0.0348. The van der Waals surface area contributed by atoms with Gasteiger partial charge in [-0.25, -0.2) is 0 Å². The number of likely N-dealkylation sites (tertiary alicyclic amines) is 1. The van der Waals surface area contributed by atoms with Crippen LogP contribution < -0.4 is 5.32 Å². The maximum absolute atomic E-state index is 12.5. The summed E-state index contributed by atoms with van der Waals surface area (Å²) in [6.45, 7) is 0.497. The third-order valence-corrected chi connectivity index (χ3v) is 4.90. The third-order valence-electron chi connectivity index (χ3n) is 3.96. The Morgan fingerprint density at radius 1 is 1.27 bits per heavy atom. The maximum atomic E-state index is 12.5. The molecule has 0 saturated carbocycles. The lowest BCUT2D eigenvalue weighted by molar-refractivity contribution is -0.128. The van der Waals surface area contributed by atoms with Gasteiger partial charge in [-0.2, -0.15) is 0 Å². The molecule has 22 heavy (non-hydrogen) atoms. The molecule has 1 aromatic carbocycles. The molecule has 2 heterocycles. The van der Waals surface area contributed by atoms with Gasteiger partial charge in [-0.05, 0) is 17.0 Å². The molecule has 0 spiro atoms. The molecular formula is C17H18N2O2S. The zero-order chi connectivity index (χ0) is 15.5. The largest absolute Gasteiger partial charge is 0.345 e. The van der Waals surface area contributed by atoms with E-state index in [0.717, 1.165) is 10.4 Å². The molecule has 2 aromatic rings. The van der Waals surface area contributed by atoms with Crippen molar-refractivity contribution in [3.8, 4) is 0 Å². The smallest absolute Gasteiger partial charge is 0.226 e. The second-order valence-electron chi connectivity index (χ2n) is 5.54. The van der Waals surface area contributed by atoms with E-state index in [-0.39, 0.29) is 23.8 Å². The summed E-state index contributed by atoms with van der Waals surface area (Å²) in [7, 11) is 1.74. The highest BCUT2D eigenvalue weighted by atomic mass is 32.1. The van der Waals surface area contributed by atoms with E-state index in [2.05, 4.69) is 5.32 Å². The van der Waals surface area contributed by atoms with E-state index < -0.39 is 0 Å². The lowest BCUT2D eigenvalue weighted by atomic mass is 10.0. The number of nitrogens with zero attached hydrogens (tertiary/aromatic N) is 1. The summed E-state index contributed by atoms with van der Waals surface area (Å²) >= 11 is 1.62. The van der Waals surface area contributed by atoms with E-state index in [4.69, 9.17) is 0 Å². The molecule has 1 aromatic heterocycles. The number of rotatable bonds is 4. The Kier molecular flexibility index (Phi) is 4.24. The minimum Gasteiger partial charge on any atom is -0.345 e. The summed E-state index contributed by atoms with van der Waals surface area (Å²) in [5.74, 6) is -0.281. The Morgan fingerprint density at radius 3 is 2.64 bits per heavy atom.